The van der Waals surface area contributed by atoms with Crippen molar-refractivity contribution in [3.05, 3.63) is 23.2 Å². The first-order valence-corrected chi connectivity index (χ1v) is 2.60. The maximum absolute atomic E-state index is 5.46. The summed E-state index contributed by atoms with van der Waals surface area (Å²) in [6.45, 7) is 0. The van der Waals surface area contributed by atoms with Gasteiger partial charge in [-0.1, -0.05) is 0 Å². The maximum atomic E-state index is 5.46. The van der Waals surface area contributed by atoms with E-state index in [0.717, 1.165) is 0 Å². The summed E-state index contributed by atoms with van der Waals surface area (Å²) in [5.74, 6) is 0. The van der Waals surface area contributed by atoms with E-state index >= 15 is 0 Å². The molecule has 50 valence electrons. The highest BCUT2D eigenvalue weighted by Gasteiger charge is 2.17. The molecule has 1 atom stereocenters. The fourth-order valence-corrected chi connectivity index (χ4v) is 0.712. The highest BCUT2D eigenvalue weighted by Crippen LogP contribution is 2.12. The van der Waals surface area contributed by atoms with E-state index in [-0.39, 0.29) is 6.04 Å². The zero-order chi connectivity index (χ0) is 7.02. The van der Waals surface area contributed by atoms with Crippen LogP contribution >= 0.6 is 0 Å². The normalized spacial score (nSPS) is 26.8. The van der Waals surface area contributed by atoms with Gasteiger partial charge in [0.25, 0.3) is 0 Å². The van der Waals surface area contributed by atoms with Gasteiger partial charge in [0.05, 0.1) is 17.4 Å². The second-order valence-electron chi connectivity index (χ2n) is 2.03. The molecule has 0 amide bonds. The molecule has 0 saturated carbocycles. The van der Waals surface area contributed by atoms with Crippen LogP contribution < -0.4 is 22.9 Å². The molecule has 8 N–H and O–H groups in total. The van der Waals surface area contributed by atoms with Gasteiger partial charge in [-0.15, -0.1) is 0 Å². The van der Waals surface area contributed by atoms with Crippen molar-refractivity contribution in [3.8, 4) is 0 Å². The molecule has 1 aliphatic rings. The van der Waals surface area contributed by atoms with Gasteiger partial charge in [0.15, 0.2) is 0 Å². The van der Waals surface area contributed by atoms with Crippen LogP contribution in [0.5, 0.6) is 0 Å². The second-order valence-corrected chi connectivity index (χ2v) is 2.03. The molecule has 0 radical (unpaired) electrons. The predicted molar refractivity (Wildman–Crippen MR) is 35.6 cm³/mol. The van der Waals surface area contributed by atoms with E-state index in [1.54, 1.807) is 6.08 Å². The standard InChI is InChI=1S/C5H10N4/c6-2-1-3(7)5(9)4(2)8/h1,4H,6-9H2/t4-/m1/s1. The Hall–Kier alpha value is -1.16. The Morgan fingerprint density at radius 2 is 1.78 bits per heavy atom. The van der Waals surface area contributed by atoms with Crippen molar-refractivity contribution in [2.45, 2.75) is 6.04 Å². The van der Waals surface area contributed by atoms with Crippen LogP contribution in [0.4, 0.5) is 0 Å². The molecule has 0 heterocycles. The zero-order valence-electron chi connectivity index (χ0n) is 4.96. The zero-order valence-corrected chi connectivity index (χ0v) is 4.96. The van der Waals surface area contributed by atoms with Crippen molar-refractivity contribution in [3.63, 3.8) is 0 Å². The van der Waals surface area contributed by atoms with Crippen molar-refractivity contribution >= 4 is 0 Å². The van der Waals surface area contributed by atoms with Crippen molar-refractivity contribution < 1.29 is 0 Å². The highest BCUT2D eigenvalue weighted by molar-refractivity contribution is 5.40. The summed E-state index contributed by atoms with van der Waals surface area (Å²) in [6, 6.07) is -0.370. The fourth-order valence-electron chi connectivity index (χ4n) is 0.712. The molecule has 0 spiro atoms. The number of hydrogen-bond donors (Lipinski definition) is 4. The highest BCUT2D eigenvalue weighted by atomic mass is 14.9. The van der Waals surface area contributed by atoms with Crippen LogP contribution in [0.1, 0.15) is 0 Å². The van der Waals surface area contributed by atoms with Gasteiger partial charge in [0, 0.05) is 5.70 Å². The van der Waals surface area contributed by atoms with Gasteiger partial charge in [-0.3, -0.25) is 0 Å². The van der Waals surface area contributed by atoms with Crippen molar-refractivity contribution in [1.82, 2.24) is 0 Å². The molecule has 0 aromatic rings. The van der Waals surface area contributed by atoms with E-state index in [9.17, 15) is 0 Å². The molecule has 0 unspecified atom stereocenters. The lowest BCUT2D eigenvalue weighted by Gasteiger charge is -2.04. The molecule has 0 bridgehead atoms. The summed E-state index contributed by atoms with van der Waals surface area (Å²) in [4.78, 5) is 0. The molecule has 0 aromatic carbocycles. The van der Waals surface area contributed by atoms with Gasteiger partial charge in [-0.25, -0.2) is 0 Å². The molecule has 1 aliphatic carbocycles. The van der Waals surface area contributed by atoms with Gasteiger partial charge in [0.1, 0.15) is 0 Å². The first-order chi connectivity index (χ1) is 4.13. The van der Waals surface area contributed by atoms with Crippen molar-refractivity contribution in [2.24, 2.45) is 22.9 Å². The SMILES string of the molecule is NC1=CC(N)=C(N)[C@@H]1N. The summed E-state index contributed by atoms with van der Waals surface area (Å²) >= 11 is 0. The minimum Gasteiger partial charge on any atom is -0.400 e. The van der Waals surface area contributed by atoms with Crippen molar-refractivity contribution in [1.29, 1.82) is 0 Å². The Labute approximate surface area is 53.2 Å². The molecule has 1 rings (SSSR count). The largest absolute Gasteiger partial charge is 0.400 e. The third kappa shape index (κ3) is 0.728. The first kappa shape index (κ1) is 5.97. The number of nitrogens with two attached hydrogens (primary N) is 4. The summed E-state index contributed by atoms with van der Waals surface area (Å²) in [7, 11) is 0. The summed E-state index contributed by atoms with van der Waals surface area (Å²) in [5.41, 5.74) is 23.1. The Bertz CT molecular complexity index is 191. The van der Waals surface area contributed by atoms with Crippen LogP contribution in [0.3, 0.4) is 0 Å². The minimum absolute atomic E-state index is 0.370. The quantitative estimate of drug-likeness (QED) is 0.310. The van der Waals surface area contributed by atoms with Crippen LogP contribution in [0, 0.1) is 0 Å². The average molecular weight is 126 g/mol. The van der Waals surface area contributed by atoms with Crippen LogP contribution in [0.25, 0.3) is 0 Å². The van der Waals surface area contributed by atoms with Crippen LogP contribution in [-0.4, -0.2) is 6.04 Å². The lowest BCUT2D eigenvalue weighted by atomic mass is 10.2. The summed E-state index contributed by atoms with van der Waals surface area (Å²) in [5, 5.41) is 0. The lowest BCUT2D eigenvalue weighted by molar-refractivity contribution is 0.875. The maximum Gasteiger partial charge on any atom is 0.0866 e. The van der Waals surface area contributed by atoms with Gasteiger partial charge in [-0.2, -0.15) is 0 Å². The van der Waals surface area contributed by atoms with Gasteiger partial charge < -0.3 is 22.9 Å². The second kappa shape index (κ2) is 1.66. The number of hydrogen-bond acceptors (Lipinski definition) is 4. The third-order valence-corrected chi connectivity index (χ3v) is 1.35. The van der Waals surface area contributed by atoms with Crippen LogP contribution in [0.2, 0.25) is 0 Å². The Kier molecular flexibility index (Phi) is 1.10. The van der Waals surface area contributed by atoms with Gasteiger partial charge in [-0.05, 0) is 6.08 Å². The average Bonchev–Trinajstić information content (AvgIpc) is 1.98. The molecule has 4 nitrogen and oxygen atoms in total. The topological polar surface area (TPSA) is 104 Å². The smallest absolute Gasteiger partial charge is 0.0866 e. The van der Waals surface area contributed by atoms with Crippen LogP contribution in [0.15, 0.2) is 23.2 Å². The Morgan fingerprint density at radius 3 is 1.89 bits per heavy atom. The van der Waals surface area contributed by atoms with E-state index in [0.29, 0.717) is 17.1 Å². The first-order valence-electron chi connectivity index (χ1n) is 2.60. The number of rotatable bonds is 0. The monoisotopic (exact) mass is 126 g/mol. The summed E-state index contributed by atoms with van der Waals surface area (Å²) < 4.78 is 0. The van der Waals surface area contributed by atoms with E-state index in [1.165, 1.54) is 0 Å². The van der Waals surface area contributed by atoms with Gasteiger partial charge >= 0.3 is 0 Å². The molecule has 9 heavy (non-hydrogen) atoms. The predicted octanol–water partition coefficient (Wildman–Crippen LogP) is -1.70. The Morgan fingerprint density at radius 1 is 1.22 bits per heavy atom. The fraction of sp³-hybridized carbons (Fsp3) is 0.200. The van der Waals surface area contributed by atoms with Crippen LogP contribution in [-0.2, 0) is 0 Å². The molecule has 4 heteroatoms. The van der Waals surface area contributed by atoms with Crippen molar-refractivity contribution in [2.75, 3.05) is 0 Å². The van der Waals surface area contributed by atoms with Gasteiger partial charge in [0.2, 0.25) is 0 Å². The molecule has 0 saturated heterocycles. The molecular formula is C5H10N4. The minimum atomic E-state index is -0.370. The molecular weight excluding hydrogens is 116 g/mol. The van der Waals surface area contributed by atoms with E-state index in [1.807, 2.05) is 0 Å². The lowest BCUT2D eigenvalue weighted by Crippen LogP contribution is -2.31. The summed E-state index contributed by atoms with van der Waals surface area (Å²) in [6.07, 6.45) is 1.58. The Balaban J connectivity index is 2.92. The van der Waals surface area contributed by atoms with E-state index in [4.69, 9.17) is 22.9 Å². The number of allylic oxidation sites excluding steroid dienone is 1. The molecule has 0 aromatic heterocycles. The van der Waals surface area contributed by atoms with E-state index in [2.05, 4.69) is 0 Å². The molecule has 0 aliphatic heterocycles. The van der Waals surface area contributed by atoms with E-state index < -0.39 is 0 Å². The molecule has 0 fully saturated rings. The third-order valence-electron chi connectivity index (χ3n) is 1.35.